The zero-order valence-corrected chi connectivity index (χ0v) is 8.23. The highest BCUT2D eigenvalue weighted by molar-refractivity contribution is 9.10. The molecule has 1 rings (SSSR count). The fourth-order valence-electron chi connectivity index (χ4n) is 0.812. The second-order valence-electron chi connectivity index (χ2n) is 2.29. The minimum atomic E-state index is -0.337. The van der Waals surface area contributed by atoms with Crippen molar-refractivity contribution in [1.29, 1.82) is 5.26 Å². The van der Waals surface area contributed by atoms with Crippen molar-refractivity contribution >= 4 is 15.9 Å². The highest BCUT2D eigenvalue weighted by Gasteiger charge is 1.94. The van der Waals surface area contributed by atoms with Gasteiger partial charge in [-0.05, 0) is 18.2 Å². The second kappa shape index (κ2) is 4.64. The lowest BCUT2D eigenvalue weighted by Gasteiger charge is -1.92. The van der Waals surface area contributed by atoms with Crippen molar-refractivity contribution in [2.24, 2.45) is 0 Å². The van der Waals surface area contributed by atoms with Gasteiger partial charge in [0.05, 0.1) is 12.5 Å². The highest BCUT2D eigenvalue weighted by atomic mass is 79.9. The topological polar surface area (TPSA) is 23.8 Å². The molecular formula is C10H5BrFN. The van der Waals surface area contributed by atoms with Gasteiger partial charge in [0.25, 0.3) is 0 Å². The standard InChI is InChI=1S/C10H5BrFN/c11-9-5-8(3-1-2-4-13)6-10(12)7-9/h5-7H,2H2. The monoisotopic (exact) mass is 237 g/mol. The van der Waals surface area contributed by atoms with E-state index in [0.717, 1.165) is 0 Å². The van der Waals surface area contributed by atoms with Crippen molar-refractivity contribution in [1.82, 2.24) is 0 Å². The first-order chi connectivity index (χ1) is 6.22. The van der Waals surface area contributed by atoms with Gasteiger partial charge in [-0.15, -0.1) is 0 Å². The second-order valence-corrected chi connectivity index (χ2v) is 3.21. The van der Waals surface area contributed by atoms with Gasteiger partial charge < -0.3 is 0 Å². The Kier molecular flexibility index (Phi) is 3.49. The maximum atomic E-state index is 12.8. The Morgan fingerprint density at radius 1 is 1.38 bits per heavy atom. The molecule has 0 atom stereocenters. The van der Waals surface area contributed by atoms with E-state index in [1.165, 1.54) is 12.1 Å². The molecule has 64 valence electrons. The molecule has 0 radical (unpaired) electrons. The lowest BCUT2D eigenvalue weighted by molar-refractivity contribution is 0.626. The zero-order chi connectivity index (χ0) is 9.68. The van der Waals surface area contributed by atoms with Crippen molar-refractivity contribution < 1.29 is 4.39 Å². The molecule has 0 heterocycles. The van der Waals surface area contributed by atoms with Gasteiger partial charge in [-0.2, -0.15) is 5.26 Å². The Morgan fingerprint density at radius 3 is 2.77 bits per heavy atom. The molecule has 0 fully saturated rings. The van der Waals surface area contributed by atoms with Crippen LogP contribution in [0.2, 0.25) is 0 Å². The van der Waals surface area contributed by atoms with Crippen molar-refractivity contribution in [2.75, 3.05) is 0 Å². The summed E-state index contributed by atoms with van der Waals surface area (Å²) >= 11 is 3.15. The van der Waals surface area contributed by atoms with Crippen molar-refractivity contribution in [3.8, 4) is 17.9 Å². The maximum Gasteiger partial charge on any atom is 0.125 e. The molecule has 0 N–H and O–H groups in total. The lowest BCUT2D eigenvalue weighted by Crippen LogP contribution is -1.79. The van der Waals surface area contributed by atoms with E-state index in [-0.39, 0.29) is 12.2 Å². The summed E-state index contributed by atoms with van der Waals surface area (Å²) in [5.41, 5.74) is 0.571. The van der Waals surface area contributed by atoms with E-state index in [4.69, 9.17) is 5.26 Å². The Labute approximate surface area is 84.3 Å². The number of nitrogens with zero attached hydrogens (tertiary/aromatic N) is 1. The van der Waals surface area contributed by atoms with Crippen LogP contribution >= 0.6 is 15.9 Å². The van der Waals surface area contributed by atoms with Crippen molar-refractivity contribution in [3.63, 3.8) is 0 Å². The largest absolute Gasteiger partial charge is 0.207 e. The van der Waals surface area contributed by atoms with Gasteiger partial charge in [-0.25, -0.2) is 4.39 Å². The molecule has 0 aliphatic carbocycles. The molecule has 0 saturated heterocycles. The SMILES string of the molecule is N#CCC#Cc1cc(F)cc(Br)c1. The summed E-state index contributed by atoms with van der Waals surface area (Å²) in [7, 11) is 0. The first-order valence-electron chi connectivity index (χ1n) is 3.54. The molecule has 0 saturated carbocycles. The summed E-state index contributed by atoms with van der Waals surface area (Å²) in [5.74, 6) is 4.95. The third kappa shape index (κ3) is 3.27. The van der Waals surface area contributed by atoms with Gasteiger partial charge >= 0.3 is 0 Å². The van der Waals surface area contributed by atoms with Gasteiger partial charge in [-0.1, -0.05) is 27.8 Å². The maximum absolute atomic E-state index is 12.8. The van der Waals surface area contributed by atoms with Crippen LogP contribution in [-0.4, -0.2) is 0 Å². The van der Waals surface area contributed by atoms with Crippen LogP contribution in [0, 0.1) is 29.0 Å². The molecule has 0 aliphatic heterocycles. The molecule has 0 spiro atoms. The third-order valence-corrected chi connectivity index (χ3v) is 1.72. The normalized spacial score (nSPS) is 8.38. The average molecular weight is 238 g/mol. The predicted octanol–water partition coefficient (Wildman–Crippen LogP) is 2.85. The Hall–Kier alpha value is -1.32. The fourth-order valence-corrected chi connectivity index (χ4v) is 1.28. The fraction of sp³-hybridized carbons (Fsp3) is 0.100. The van der Waals surface area contributed by atoms with Gasteiger partial charge in [-0.3, -0.25) is 0 Å². The number of hydrogen-bond donors (Lipinski definition) is 0. The zero-order valence-electron chi connectivity index (χ0n) is 6.64. The molecule has 0 amide bonds. The molecular weight excluding hydrogens is 233 g/mol. The summed E-state index contributed by atoms with van der Waals surface area (Å²) < 4.78 is 13.4. The van der Waals surface area contributed by atoms with Crippen LogP contribution in [0.1, 0.15) is 12.0 Å². The van der Waals surface area contributed by atoms with E-state index in [1.54, 1.807) is 6.07 Å². The molecule has 0 unspecified atom stereocenters. The number of hydrogen-bond acceptors (Lipinski definition) is 1. The molecule has 1 nitrogen and oxygen atoms in total. The van der Waals surface area contributed by atoms with Crippen LogP contribution in [0.5, 0.6) is 0 Å². The van der Waals surface area contributed by atoms with E-state index in [9.17, 15) is 4.39 Å². The van der Waals surface area contributed by atoms with E-state index in [1.807, 2.05) is 6.07 Å². The minimum Gasteiger partial charge on any atom is -0.207 e. The van der Waals surface area contributed by atoms with Crippen molar-refractivity contribution in [3.05, 3.63) is 34.1 Å². The summed E-state index contributed by atoms with van der Waals surface area (Å²) in [6.07, 6.45) is 0.161. The first-order valence-corrected chi connectivity index (χ1v) is 4.33. The van der Waals surface area contributed by atoms with Crippen LogP contribution in [-0.2, 0) is 0 Å². The van der Waals surface area contributed by atoms with Gasteiger partial charge in [0, 0.05) is 10.0 Å². The summed E-state index contributed by atoms with van der Waals surface area (Å²) in [4.78, 5) is 0. The van der Waals surface area contributed by atoms with Crippen LogP contribution in [0.25, 0.3) is 0 Å². The molecule has 13 heavy (non-hydrogen) atoms. The highest BCUT2D eigenvalue weighted by Crippen LogP contribution is 2.13. The molecule has 0 aromatic heterocycles. The van der Waals surface area contributed by atoms with Gasteiger partial charge in [0.2, 0.25) is 0 Å². The smallest absolute Gasteiger partial charge is 0.125 e. The molecule has 0 aliphatic rings. The van der Waals surface area contributed by atoms with Crippen LogP contribution < -0.4 is 0 Å². The molecule has 1 aromatic rings. The van der Waals surface area contributed by atoms with Crippen LogP contribution in [0.4, 0.5) is 4.39 Å². The Bertz CT molecular complexity index is 389. The van der Waals surface area contributed by atoms with Gasteiger partial charge in [0.15, 0.2) is 0 Å². The summed E-state index contributed by atoms with van der Waals surface area (Å²) in [6.45, 7) is 0. The number of halogens is 2. The number of benzene rings is 1. The first kappa shape index (κ1) is 9.77. The quantitative estimate of drug-likeness (QED) is 0.637. The summed E-state index contributed by atoms with van der Waals surface area (Å²) in [5, 5.41) is 8.22. The van der Waals surface area contributed by atoms with E-state index in [0.29, 0.717) is 10.0 Å². The molecule has 1 aromatic carbocycles. The Balaban J connectivity index is 2.92. The van der Waals surface area contributed by atoms with Crippen LogP contribution in [0.3, 0.4) is 0 Å². The number of rotatable bonds is 0. The summed E-state index contributed by atoms with van der Waals surface area (Å²) in [6, 6.07) is 6.28. The third-order valence-electron chi connectivity index (χ3n) is 1.26. The molecule has 0 bridgehead atoms. The van der Waals surface area contributed by atoms with Crippen molar-refractivity contribution in [2.45, 2.75) is 6.42 Å². The van der Waals surface area contributed by atoms with Gasteiger partial charge in [0.1, 0.15) is 5.82 Å². The van der Waals surface area contributed by atoms with E-state index >= 15 is 0 Å². The lowest BCUT2D eigenvalue weighted by atomic mass is 10.2. The van der Waals surface area contributed by atoms with E-state index < -0.39 is 0 Å². The minimum absolute atomic E-state index is 0.161. The van der Waals surface area contributed by atoms with E-state index in [2.05, 4.69) is 27.8 Å². The Morgan fingerprint density at radius 2 is 2.15 bits per heavy atom. The predicted molar refractivity (Wildman–Crippen MR) is 51.2 cm³/mol. The average Bonchev–Trinajstić information content (AvgIpc) is 2.03. The number of nitriles is 1. The van der Waals surface area contributed by atoms with Crippen LogP contribution in [0.15, 0.2) is 22.7 Å². The molecule has 3 heteroatoms.